The molecule has 0 aromatic rings. The van der Waals surface area contributed by atoms with Crippen molar-refractivity contribution in [2.75, 3.05) is 26.3 Å². The van der Waals surface area contributed by atoms with Crippen molar-refractivity contribution in [3.05, 3.63) is 0 Å². The fourth-order valence-corrected chi connectivity index (χ4v) is 1.43. The lowest BCUT2D eigenvalue weighted by Gasteiger charge is -2.06. The van der Waals surface area contributed by atoms with E-state index < -0.39 is 0 Å². The quantitative estimate of drug-likeness (QED) is 0.534. The van der Waals surface area contributed by atoms with Crippen LogP contribution >= 0.6 is 0 Å². The molecule has 0 heterocycles. The maximum absolute atomic E-state index is 5.52. The molecule has 2 nitrogen and oxygen atoms in total. The molecule has 0 fully saturated rings. The zero-order valence-corrected chi connectivity index (χ0v) is 10.8. The molecule has 15 heavy (non-hydrogen) atoms. The number of ether oxygens (including phenoxy) is 1. The van der Waals surface area contributed by atoms with Gasteiger partial charge in [0.25, 0.3) is 0 Å². The molecule has 0 amide bonds. The van der Waals surface area contributed by atoms with Crippen molar-refractivity contribution in [2.45, 2.75) is 52.9 Å². The van der Waals surface area contributed by atoms with Gasteiger partial charge in [-0.2, -0.15) is 0 Å². The molecule has 0 unspecified atom stereocenters. The molecule has 0 bridgehead atoms. The van der Waals surface area contributed by atoms with Crippen LogP contribution in [0.2, 0.25) is 0 Å². The first-order chi connectivity index (χ1) is 7.27. The highest BCUT2D eigenvalue weighted by Gasteiger charge is 1.94. The van der Waals surface area contributed by atoms with Gasteiger partial charge in [0.2, 0.25) is 0 Å². The highest BCUT2D eigenvalue weighted by molar-refractivity contribution is 4.48. The second-order valence-electron chi connectivity index (χ2n) is 4.63. The van der Waals surface area contributed by atoms with Crippen LogP contribution in [0.15, 0.2) is 0 Å². The highest BCUT2D eigenvalue weighted by Crippen LogP contribution is 2.00. The summed E-state index contributed by atoms with van der Waals surface area (Å²) in [7, 11) is 0. The third-order valence-corrected chi connectivity index (χ3v) is 2.27. The number of nitrogens with one attached hydrogen (secondary N) is 1. The molecule has 0 rings (SSSR count). The van der Waals surface area contributed by atoms with Gasteiger partial charge in [-0.1, -0.05) is 33.6 Å². The second-order valence-corrected chi connectivity index (χ2v) is 4.63. The lowest BCUT2D eigenvalue weighted by molar-refractivity contribution is 0.106. The molecular weight excluding hydrogens is 186 g/mol. The van der Waals surface area contributed by atoms with Gasteiger partial charge in [0.15, 0.2) is 0 Å². The molecule has 0 atom stereocenters. The smallest absolute Gasteiger partial charge is 0.0488 e. The molecule has 0 saturated carbocycles. The molecule has 1 N–H and O–H groups in total. The zero-order valence-electron chi connectivity index (χ0n) is 10.8. The molecule has 0 aliphatic carbocycles. The normalized spacial score (nSPS) is 11.2. The van der Waals surface area contributed by atoms with Crippen LogP contribution in [-0.2, 0) is 4.74 Å². The van der Waals surface area contributed by atoms with Crippen LogP contribution in [0.4, 0.5) is 0 Å². The van der Waals surface area contributed by atoms with Gasteiger partial charge in [-0.15, -0.1) is 0 Å². The molecule has 0 spiro atoms. The molecule has 0 radical (unpaired) electrons. The topological polar surface area (TPSA) is 21.3 Å². The maximum atomic E-state index is 5.52. The molecule has 0 aromatic heterocycles. The maximum Gasteiger partial charge on any atom is 0.0488 e. The Balaban J connectivity index is 2.87. The lowest BCUT2D eigenvalue weighted by Crippen LogP contribution is -2.15. The Labute approximate surface area is 95.8 Å². The van der Waals surface area contributed by atoms with Crippen molar-refractivity contribution in [1.29, 1.82) is 0 Å². The van der Waals surface area contributed by atoms with Gasteiger partial charge in [0.05, 0.1) is 0 Å². The molecule has 0 aromatic carbocycles. The van der Waals surface area contributed by atoms with Crippen LogP contribution in [0.3, 0.4) is 0 Å². The fourth-order valence-electron chi connectivity index (χ4n) is 1.43. The first-order valence-electron chi connectivity index (χ1n) is 6.55. The molecule has 0 aliphatic rings. The number of hydrogen-bond acceptors (Lipinski definition) is 2. The van der Waals surface area contributed by atoms with E-state index in [4.69, 9.17) is 4.74 Å². The summed E-state index contributed by atoms with van der Waals surface area (Å²) in [5.74, 6) is 0.670. The van der Waals surface area contributed by atoms with Crippen molar-refractivity contribution in [3.63, 3.8) is 0 Å². The van der Waals surface area contributed by atoms with Crippen molar-refractivity contribution >= 4 is 0 Å². The Morgan fingerprint density at radius 2 is 1.73 bits per heavy atom. The van der Waals surface area contributed by atoms with Crippen LogP contribution in [0.5, 0.6) is 0 Å². The van der Waals surface area contributed by atoms with Crippen molar-refractivity contribution in [3.8, 4) is 0 Å². The Bertz CT molecular complexity index is 115. The Kier molecular flexibility index (Phi) is 11.9. The Hall–Kier alpha value is -0.0800. The summed E-state index contributed by atoms with van der Waals surface area (Å²) < 4.78 is 5.52. The number of unbranched alkanes of at least 4 members (excludes halogenated alkanes) is 3. The molecule has 2 heteroatoms. The van der Waals surface area contributed by atoms with Gasteiger partial charge in [-0.25, -0.2) is 0 Å². The highest BCUT2D eigenvalue weighted by atomic mass is 16.5. The van der Waals surface area contributed by atoms with E-state index in [2.05, 4.69) is 26.1 Å². The van der Waals surface area contributed by atoms with E-state index in [-0.39, 0.29) is 0 Å². The molecule has 0 aliphatic heterocycles. The van der Waals surface area contributed by atoms with E-state index in [1.165, 1.54) is 38.6 Å². The standard InChI is InChI=1S/C13H29NO/c1-4-9-14-10-7-5-6-8-11-15-12-13(2)3/h13-14H,4-12H2,1-3H3. The Morgan fingerprint density at radius 1 is 1.00 bits per heavy atom. The molecule has 0 saturated heterocycles. The number of hydrogen-bond donors (Lipinski definition) is 1. The van der Waals surface area contributed by atoms with Gasteiger partial charge in [-0.05, 0) is 38.3 Å². The van der Waals surface area contributed by atoms with E-state index in [0.29, 0.717) is 5.92 Å². The van der Waals surface area contributed by atoms with Crippen molar-refractivity contribution in [2.24, 2.45) is 5.92 Å². The van der Waals surface area contributed by atoms with Gasteiger partial charge in [0, 0.05) is 13.2 Å². The summed E-state index contributed by atoms with van der Waals surface area (Å²) in [6, 6.07) is 0. The van der Waals surface area contributed by atoms with Gasteiger partial charge in [0.1, 0.15) is 0 Å². The summed E-state index contributed by atoms with van der Waals surface area (Å²) in [5, 5.41) is 3.42. The summed E-state index contributed by atoms with van der Waals surface area (Å²) in [6.45, 7) is 10.8. The van der Waals surface area contributed by atoms with E-state index >= 15 is 0 Å². The van der Waals surface area contributed by atoms with Crippen LogP contribution in [-0.4, -0.2) is 26.3 Å². The average Bonchev–Trinajstić information content (AvgIpc) is 2.20. The summed E-state index contributed by atoms with van der Waals surface area (Å²) in [4.78, 5) is 0. The fraction of sp³-hybridized carbons (Fsp3) is 1.00. The van der Waals surface area contributed by atoms with Crippen molar-refractivity contribution in [1.82, 2.24) is 5.32 Å². The summed E-state index contributed by atoms with van der Waals surface area (Å²) in [5.41, 5.74) is 0. The second kappa shape index (κ2) is 12.0. The SMILES string of the molecule is CCCNCCCCCCOCC(C)C. The van der Waals surface area contributed by atoms with Gasteiger partial charge in [-0.3, -0.25) is 0 Å². The van der Waals surface area contributed by atoms with Gasteiger partial charge >= 0.3 is 0 Å². The largest absolute Gasteiger partial charge is 0.381 e. The third-order valence-electron chi connectivity index (χ3n) is 2.27. The first kappa shape index (κ1) is 14.9. The summed E-state index contributed by atoms with van der Waals surface area (Å²) in [6.07, 6.45) is 6.42. The minimum Gasteiger partial charge on any atom is -0.381 e. The van der Waals surface area contributed by atoms with Crippen LogP contribution in [0.25, 0.3) is 0 Å². The minimum absolute atomic E-state index is 0.670. The number of rotatable bonds is 11. The average molecular weight is 215 g/mol. The van der Waals surface area contributed by atoms with Crippen molar-refractivity contribution < 1.29 is 4.74 Å². The lowest BCUT2D eigenvalue weighted by atomic mass is 10.2. The molecule has 92 valence electrons. The predicted octanol–water partition coefficient (Wildman–Crippen LogP) is 3.22. The van der Waals surface area contributed by atoms with E-state index in [9.17, 15) is 0 Å². The van der Waals surface area contributed by atoms with Crippen LogP contribution < -0.4 is 5.32 Å². The van der Waals surface area contributed by atoms with E-state index in [1.54, 1.807) is 0 Å². The monoisotopic (exact) mass is 215 g/mol. The van der Waals surface area contributed by atoms with E-state index in [1.807, 2.05) is 0 Å². The summed E-state index contributed by atoms with van der Waals surface area (Å²) >= 11 is 0. The third kappa shape index (κ3) is 13.9. The zero-order chi connectivity index (χ0) is 11.4. The molecular formula is C13H29NO. The minimum atomic E-state index is 0.670. The van der Waals surface area contributed by atoms with Crippen LogP contribution in [0.1, 0.15) is 52.9 Å². The predicted molar refractivity (Wildman–Crippen MR) is 67.3 cm³/mol. The van der Waals surface area contributed by atoms with Gasteiger partial charge < -0.3 is 10.1 Å². The Morgan fingerprint density at radius 3 is 2.40 bits per heavy atom. The van der Waals surface area contributed by atoms with E-state index in [0.717, 1.165) is 19.8 Å². The first-order valence-corrected chi connectivity index (χ1v) is 6.55. The van der Waals surface area contributed by atoms with Crippen LogP contribution in [0, 0.1) is 5.92 Å².